The average Bonchev–Trinajstić information content (AvgIpc) is 2.97. The number of rotatable bonds is 6. The lowest BCUT2D eigenvalue weighted by Crippen LogP contribution is -2.46. The van der Waals surface area contributed by atoms with E-state index in [1.165, 1.54) is 11.3 Å². The second-order valence-corrected chi connectivity index (χ2v) is 6.92. The number of nitrogens with one attached hydrogen (secondary N) is 1. The van der Waals surface area contributed by atoms with Crippen molar-refractivity contribution in [2.45, 2.75) is 6.54 Å². The molecule has 3 rings (SSSR count). The van der Waals surface area contributed by atoms with E-state index < -0.39 is 0 Å². The lowest BCUT2D eigenvalue weighted by atomic mass is 10.1. The summed E-state index contributed by atoms with van der Waals surface area (Å²) in [7, 11) is 1.64. The summed E-state index contributed by atoms with van der Waals surface area (Å²) in [6, 6.07) is 7.75. The van der Waals surface area contributed by atoms with Crippen molar-refractivity contribution in [2.75, 3.05) is 46.4 Å². The Morgan fingerprint density at radius 3 is 2.62 bits per heavy atom. The minimum atomic E-state index is -0.0372. The first-order chi connectivity index (χ1) is 11.7. The molecule has 6 nitrogen and oxygen atoms in total. The molecule has 1 aromatic carbocycles. The summed E-state index contributed by atoms with van der Waals surface area (Å²) in [5.41, 5.74) is 1.78. The van der Waals surface area contributed by atoms with Crippen molar-refractivity contribution in [3.05, 3.63) is 38.8 Å². The molecule has 1 aliphatic rings. The van der Waals surface area contributed by atoms with Gasteiger partial charge in [-0.25, -0.2) is 0 Å². The molecule has 1 fully saturated rings. The molecule has 1 saturated heterocycles. The molecule has 0 amide bonds. The first-order valence-electron chi connectivity index (χ1n) is 8.12. The highest BCUT2D eigenvalue weighted by molar-refractivity contribution is 7.09. The maximum atomic E-state index is 11.9. The maximum Gasteiger partial charge on any atom is 0.305 e. The van der Waals surface area contributed by atoms with Crippen molar-refractivity contribution < 1.29 is 9.84 Å². The number of thiazole rings is 1. The van der Waals surface area contributed by atoms with E-state index in [2.05, 4.69) is 14.8 Å². The minimum absolute atomic E-state index is 0.0372. The smallest absolute Gasteiger partial charge is 0.305 e. The molecule has 1 aliphatic heterocycles. The van der Waals surface area contributed by atoms with Gasteiger partial charge in [0.25, 0.3) is 0 Å². The summed E-state index contributed by atoms with van der Waals surface area (Å²) in [6.07, 6.45) is 0. The number of hydrogen-bond acceptors (Lipinski definition) is 6. The van der Waals surface area contributed by atoms with Crippen molar-refractivity contribution in [1.82, 2.24) is 14.8 Å². The summed E-state index contributed by atoms with van der Waals surface area (Å²) < 4.78 is 5.43. The Kier molecular flexibility index (Phi) is 5.68. The average molecular weight is 349 g/mol. The topological polar surface area (TPSA) is 68.8 Å². The van der Waals surface area contributed by atoms with Gasteiger partial charge in [-0.15, -0.1) is 0 Å². The summed E-state index contributed by atoms with van der Waals surface area (Å²) in [6.45, 7) is 5.47. The Hall–Kier alpha value is -1.67. The molecule has 0 atom stereocenters. The van der Waals surface area contributed by atoms with Crippen LogP contribution in [0.1, 0.15) is 4.88 Å². The molecule has 0 spiro atoms. The van der Waals surface area contributed by atoms with Gasteiger partial charge in [0.1, 0.15) is 5.75 Å². The molecular weight excluding hydrogens is 326 g/mol. The van der Waals surface area contributed by atoms with E-state index in [0.717, 1.165) is 61.2 Å². The molecule has 24 heavy (non-hydrogen) atoms. The zero-order chi connectivity index (χ0) is 16.9. The van der Waals surface area contributed by atoms with E-state index in [0.29, 0.717) is 0 Å². The van der Waals surface area contributed by atoms with Gasteiger partial charge in [-0.1, -0.05) is 23.5 Å². The number of para-hydroxylation sites is 1. The van der Waals surface area contributed by atoms with Crippen LogP contribution in [0.2, 0.25) is 0 Å². The SMILES string of the molecule is COc1ccccc1-c1[nH]c(=O)sc1CN1CCN(CCO)CC1. The summed E-state index contributed by atoms with van der Waals surface area (Å²) in [4.78, 5) is 20.5. The monoisotopic (exact) mass is 349 g/mol. The predicted molar refractivity (Wildman–Crippen MR) is 95.7 cm³/mol. The van der Waals surface area contributed by atoms with Crippen molar-refractivity contribution in [3.63, 3.8) is 0 Å². The van der Waals surface area contributed by atoms with Crippen molar-refractivity contribution in [3.8, 4) is 17.0 Å². The van der Waals surface area contributed by atoms with Crippen LogP contribution in [0.5, 0.6) is 5.75 Å². The van der Waals surface area contributed by atoms with Crippen LogP contribution in [-0.2, 0) is 6.54 Å². The normalized spacial score (nSPS) is 16.4. The highest BCUT2D eigenvalue weighted by atomic mass is 32.1. The van der Waals surface area contributed by atoms with Crippen LogP contribution in [0.25, 0.3) is 11.3 Å². The molecule has 2 N–H and O–H groups in total. The van der Waals surface area contributed by atoms with Gasteiger partial charge in [-0.2, -0.15) is 0 Å². The van der Waals surface area contributed by atoms with Crippen LogP contribution in [0.15, 0.2) is 29.1 Å². The molecule has 0 bridgehead atoms. The van der Waals surface area contributed by atoms with Crippen LogP contribution in [0.3, 0.4) is 0 Å². The first-order valence-corrected chi connectivity index (χ1v) is 8.94. The third-order valence-corrected chi connectivity index (χ3v) is 5.21. The number of piperazine rings is 1. The Balaban J connectivity index is 1.77. The second-order valence-electron chi connectivity index (χ2n) is 5.85. The largest absolute Gasteiger partial charge is 0.496 e. The van der Waals surface area contributed by atoms with E-state index in [9.17, 15) is 4.79 Å². The van der Waals surface area contributed by atoms with Gasteiger partial charge in [-0.3, -0.25) is 14.6 Å². The van der Waals surface area contributed by atoms with E-state index in [1.807, 2.05) is 24.3 Å². The third kappa shape index (κ3) is 3.87. The van der Waals surface area contributed by atoms with E-state index in [1.54, 1.807) is 7.11 Å². The van der Waals surface area contributed by atoms with Crippen molar-refractivity contribution >= 4 is 11.3 Å². The lowest BCUT2D eigenvalue weighted by molar-refractivity contribution is 0.109. The van der Waals surface area contributed by atoms with Crippen LogP contribution in [0, 0.1) is 0 Å². The molecule has 2 heterocycles. The third-order valence-electron chi connectivity index (χ3n) is 4.35. The molecule has 2 aromatic rings. The first kappa shape index (κ1) is 17.2. The summed E-state index contributed by atoms with van der Waals surface area (Å²) in [5.74, 6) is 0.764. The minimum Gasteiger partial charge on any atom is -0.496 e. The number of ether oxygens (including phenoxy) is 1. The quantitative estimate of drug-likeness (QED) is 0.821. The zero-order valence-electron chi connectivity index (χ0n) is 13.8. The fourth-order valence-electron chi connectivity index (χ4n) is 3.06. The number of aromatic nitrogens is 1. The van der Waals surface area contributed by atoms with Crippen molar-refractivity contribution in [1.29, 1.82) is 0 Å². The summed E-state index contributed by atoms with van der Waals surface area (Å²) in [5, 5.41) is 9.03. The van der Waals surface area contributed by atoms with E-state index >= 15 is 0 Å². The van der Waals surface area contributed by atoms with Gasteiger partial charge in [-0.05, 0) is 12.1 Å². The molecular formula is C17H23N3O3S. The van der Waals surface area contributed by atoms with Gasteiger partial charge in [0.2, 0.25) is 0 Å². The number of nitrogens with zero attached hydrogens (tertiary/aromatic N) is 2. The standard InChI is InChI=1S/C17H23N3O3S/c1-23-14-5-3-2-4-13(14)16-15(24-17(22)18-16)12-20-8-6-19(7-9-20)10-11-21/h2-5,21H,6-12H2,1H3,(H,18,22). The predicted octanol–water partition coefficient (Wildman–Crippen LogP) is 1.22. The molecule has 0 radical (unpaired) electrons. The zero-order valence-corrected chi connectivity index (χ0v) is 14.6. The number of aliphatic hydroxyl groups is 1. The number of H-pyrrole nitrogens is 1. The van der Waals surface area contributed by atoms with Crippen molar-refractivity contribution in [2.24, 2.45) is 0 Å². The lowest BCUT2D eigenvalue weighted by Gasteiger charge is -2.34. The number of β-amino-alcohol motifs (C(OH)–C–C–N with tert-alkyl or cyclic N) is 1. The number of methoxy groups -OCH3 is 1. The van der Waals surface area contributed by atoms with Gasteiger partial charge in [0.15, 0.2) is 0 Å². The number of benzene rings is 1. The van der Waals surface area contributed by atoms with Gasteiger partial charge >= 0.3 is 4.87 Å². The molecule has 1 aromatic heterocycles. The van der Waals surface area contributed by atoms with Gasteiger partial charge < -0.3 is 14.8 Å². The fourth-order valence-corrected chi connectivity index (χ4v) is 3.94. The van der Waals surface area contributed by atoms with Crippen LogP contribution in [-0.4, -0.2) is 66.3 Å². The fraction of sp³-hybridized carbons (Fsp3) is 0.471. The molecule has 0 unspecified atom stereocenters. The molecule has 7 heteroatoms. The molecule has 130 valence electrons. The summed E-state index contributed by atoms with van der Waals surface area (Å²) >= 11 is 1.27. The maximum absolute atomic E-state index is 11.9. The Morgan fingerprint density at radius 2 is 1.92 bits per heavy atom. The highest BCUT2D eigenvalue weighted by Crippen LogP contribution is 2.32. The highest BCUT2D eigenvalue weighted by Gasteiger charge is 2.20. The van der Waals surface area contributed by atoms with E-state index in [-0.39, 0.29) is 11.5 Å². The van der Waals surface area contributed by atoms with Gasteiger partial charge in [0.05, 0.1) is 19.4 Å². The van der Waals surface area contributed by atoms with E-state index in [4.69, 9.17) is 9.84 Å². The molecule has 0 aliphatic carbocycles. The van der Waals surface area contributed by atoms with Gasteiger partial charge in [0, 0.05) is 49.7 Å². The van der Waals surface area contributed by atoms with Crippen LogP contribution >= 0.6 is 11.3 Å². The Morgan fingerprint density at radius 1 is 1.21 bits per heavy atom. The van der Waals surface area contributed by atoms with Crippen LogP contribution < -0.4 is 9.61 Å². The second kappa shape index (κ2) is 7.94. The molecule has 0 saturated carbocycles. The number of aliphatic hydroxyl groups excluding tert-OH is 1. The Labute approximate surface area is 145 Å². The number of hydrogen-bond donors (Lipinski definition) is 2. The Bertz CT molecular complexity index is 720. The number of aromatic amines is 1. The van der Waals surface area contributed by atoms with Crippen LogP contribution in [0.4, 0.5) is 0 Å².